The molecule has 0 spiro atoms. The largest absolute Gasteiger partial charge is 0.464 e. The maximum atomic E-state index is 12.1. The van der Waals surface area contributed by atoms with Gasteiger partial charge >= 0.3 is 5.97 Å². The van der Waals surface area contributed by atoms with Crippen LogP contribution >= 0.6 is 11.8 Å². The number of oxazole rings is 1. The Hall–Kier alpha value is -2.54. The van der Waals surface area contributed by atoms with E-state index in [1.165, 1.54) is 17.8 Å². The van der Waals surface area contributed by atoms with E-state index in [1.807, 2.05) is 24.3 Å². The second-order valence-electron chi connectivity index (χ2n) is 6.45. The predicted molar refractivity (Wildman–Crippen MR) is 93.6 cm³/mol. The summed E-state index contributed by atoms with van der Waals surface area (Å²) in [5, 5.41) is 0.493. The summed E-state index contributed by atoms with van der Waals surface area (Å²) in [6.07, 6.45) is 1.16. The zero-order chi connectivity index (χ0) is 18.0. The number of para-hydroxylation sites is 2. The quantitative estimate of drug-likeness (QED) is 0.514. The van der Waals surface area contributed by atoms with Gasteiger partial charge in [0.15, 0.2) is 5.58 Å². The number of aromatic nitrogens is 1. The van der Waals surface area contributed by atoms with Gasteiger partial charge in [-0.3, -0.25) is 9.59 Å². The zero-order valence-electron chi connectivity index (χ0n) is 14.1. The molecule has 130 valence electrons. The first-order chi connectivity index (χ1) is 11.8. The van der Waals surface area contributed by atoms with Crippen molar-refractivity contribution in [1.82, 2.24) is 4.98 Å². The van der Waals surface area contributed by atoms with Crippen LogP contribution in [0.15, 0.2) is 55.4 Å². The van der Waals surface area contributed by atoms with Crippen molar-refractivity contribution in [1.29, 1.82) is 0 Å². The first-order valence-corrected chi connectivity index (χ1v) is 8.64. The van der Waals surface area contributed by atoms with E-state index in [4.69, 9.17) is 13.6 Å². The van der Waals surface area contributed by atoms with Gasteiger partial charge in [0.1, 0.15) is 17.5 Å². The fourth-order valence-electron chi connectivity index (χ4n) is 1.89. The molecular weight excluding hydrogens is 342 g/mol. The summed E-state index contributed by atoms with van der Waals surface area (Å²) in [5.74, 6) is 0.201. The molecule has 3 rings (SSSR count). The van der Waals surface area contributed by atoms with Crippen molar-refractivity contribution in [3.05, 3.63) is 52.6 Å². The molecule has 0 saturated carbocycles. The lowest BCUT2D eigenvalue weighted by molar-refractivity contribution is -0.143. The lowest BCUT2D eigenvalue weighted by Gasteiger charge is -2.15. The van der Waals surface area contributed by atoms with Crippen LogP contribution in [0.3, 0.4) is 0 Å². The van der Waals surface area contributed by atoms with Crippen LogP contribution in [0, 0.1) is 5.41 Å². The Morgan fingerprint density at radius 3 is 2.72 bits per heavy atom. The summed E-state index contributed by atoms with van der Waals surface area (Å²) in [6, 6.07) is 8.77. The van der Waals surface area contributed by atoms with Crippen molar-refractivity contribution in [3.63, 3.8) is 0 Å². The third-order valence-corrected chi connectivity index (χ3v) is 4.13. The molecule has 0 fully saturated rings. The third-order valence-electron chi connectivity index (χ3n) is 3.28. The van der Waals surface area contributed by atoms with Crippen molar-refractivity contribution >= 4 is 28.8 Å². The minimum absolute atomic E-state index is 0.115. The molecule has 0 aliphatic heterocycles. The summed E-state index contributed by atoms with van der Waals surface area (Å²) in [5.41, 5.74) is 0.372. The van der Waals surface area contributed by atoms with Gasteiger partial charge in [-0.1, -0.05) is 23.9 Å². The van der Waals surface area contributed by atoms with Crippen molar-refractivity contribution in [2.24, 2.45) is 5.41 Å². The highest BCUT2D eigenvalue weighted by Crippen LogP contribution is 2.26. The van der Waals surface area contributed by atoms with Gasteiger partial charge in [0, 0.05) is 6.07 Å². The number of carbonyl (C=O) groups excluding carboxylic acids is 1. The molecule has 2 heterocycles. The number of hydrogen-bond donors (Lipinski definition) is 0. The molecule has 0 unspecified atom stereocenters. The SMILES string of the molecule is CC(C)(C)C(=O)Oc1coc(CSc2nc3ccccc3o2)cc1=O. The Kier molecular flexibility index (Phi) is 4.67. The van der Waals surface area contributed by atoms with Crippen LogP contribution in [0.1, 0.15) is 26.5 Å². The van der Waals surface area contributed by atoms with E-state index in [2.05, 4.69) is 4.98 Å². The molecule has 3 aromatic rings. The van der Waals surface area contributed by atoms with Crippen LogP contribution in [0.25, 0.3) is 11.1 Å². The maximum Gasteiger partial charge on any atom is 0.316 e. The standard InChI is InChI=1S/C18H17NO5S/c1-18(2,3)16(21)23-15-9-22-11(8-13(15)20)10-25-17-19-12-6-4-5-7-14(12)24-17/h4-9H,10H2,1-3H3. The fourth-order valence-corrected chi connectivity index (χ4v) is 2.62. The average Bonchev–Trinajstić information content (AvgIpc) is 2.97. The molecule has 7 heteroatoms. The van der Waals surface area contributed by atoms with Gasteiger partial charge in [-0.25, -0.2) is 4.98 Å². The predicted octanol–water partition coefficient (Wildman–Crippen LogP) is 4.02. The molecule has 25 heavy (non-hydrogen) atoms. The number of rotatable bonds is 4. The van der Waals surface area contributed by atoms with Gasteiger partial charge < -0.3 is 13.6 Å². The molecule has 0 aliphatic rings. The second-order valence-corrected chi connectivity index (χ2v) is 7.38. The van der Waals surface area contributed by atoms with Crippen LogP contribution in [0.5, 0.6) is 5.75 Å². The number of nitrogens with zero attached hydrogens (tertiary/aromatic N) is 1. The van der Waals surface area contributed by atoms with E-state index >= 15 is 0 Å². The minimum atomic E-state index is -0.700. The van der Waals surface area contributed by atoms with Gasteiger partial charge in [-0.05, 0) is 32.9 Å². The Labute approximate surface area is 148 Å². The topological polar surface area (TPSA) is 82.5 Å². The Morgan fingerprint density at radius 2 is 2.04 bits per heavy atom. The summed E-state index contributed by atoms with van der Waals surface area (Å²) in [6.45, 7) is 5.13. The average molecular weight is 359 g/mol. The number of thioether (sulfide) groups is 1. The van der Waals surface area contributed by atoms with Crippen LogP contribution < -0.4 is 10.2 Å². The van der Waals surface area contributed by atoms with Crippen LogP contribution in [-0.2, 0) is 10.5 Å². The van der Waals surface area contributed by atoms with Crippen molar-refractivity contribution < 1.29 is 18.4 Å². The molecule has 0 bridgehead atoms. The summed E-state index contributed by atoms with van der Waals surface area (Å²) < 4.78 is 16.1. The molecule has 0 aliphatic carbocycles. The van der Waals surface area contributed by atoms with E-state index in [9.17, 15) is 9.59 Å². The van der Waals surface area contributed by atoms with E-state index in [1.54, 1.807) is 20.8 Å². The van der Waals surface area contributed by atoms with E-state index < -0.39 is 16.8 Å². The zero-order valence-corrected chi connectivity index (χ0v) is 14.9. The van der Waals surface area contributed by atoms with Crippen molar-refractivity contribution in [2.75, 3.05) is 0 Å². The van der Waals surface area contributed by atoms with Crippen LogP contribution in [0.2, 0.25) is 0 Å². The molecule has 0 radical (unpaired) electrons. The second kappa shape index (κ2) is 6.76. The van der Waals surface area contributed by atoms with E-state index in [-0.39, 0.29) is 5.75 Å². The number of fused-ring (bicyclic) bond motifs is 1. The number of esters is 1. The van der Waals surface area contributed by atoms with Gasteiger partial charge in [-0.15, -0.1) is 0 Å². The van der Waals surface area contributed by atoms with Crippen molar-refractivity contribution in [3.8, 4) is 5.75 Å². The highest BCUT2D eigenvalue weighted by atomic mass is 32.2. The Balaban J connectivity index is 1.68. The Bertz CT molecular complexity index is 934. The van der Waals surface area contributed by atoms with Crippen molar-refractivity contribution in [2.45, 2.75) is 31.7 Å². The van der Waals surface area contributed by atoms with Crippen LogP contribution in [0.4, 0.5) is 0 Å². The molecule has 1 aromatic carbocycles. The molecule has 0 amide bonds. The lowest BCUT2D eigenvalue weighted by atomic mass is 9.97. The van der Waals surface area contributed by atoms with Gasteiger partial charge in [0.25, 0.3) is 5.22 Å². The number of benzene rings is 1. The lowest BCUT2D eigenvalue weighted by Crippen LogP contribution is -2.27. The molecule has 0 atom stereocenters. The fraction of sp³-hybridized carbons (Fsp3) is 0.278. The summed E-state index contributed by atoms with van der Waals surface area (Å²) in [4.78, 5) is 28.2. The maximum absolute atomic E-state index is 12.1. The van der Waals surface area contributed by atoms with Gasteiger partial charge in [0.05, 0.1) is 11.2 Å². The van der Waals surface area contributed by atoms with E-state index in [0.717, 1.165) is 11.8 Å². The molecule has 6 nitrogen and oxygen atoms in total. The smallest absolute Gasteiger partial charge is 0.316 e. The number of hydrogen-bond acceptors (Lipinski definition) is 7. The first kappa shape index (κ1) is 17.3. The van der Waals surface area contributed by atoms with E-state index in [0.29, 0.717) is 22.3 Å². The normalized spacial score (nSPS) is 11.6. The molecule has 0 N–H and O–H groups in total. The summed E-state index contributed by atoms with van der Waals surface area (Å²) >= 11 is 1.31. The highest BCUT2D eigenvalue weighted by Gasteiger charge is 2.25. The molecule has 2 aromatic heterocycles. The molecular formula is C18H17NO5S. The first-order valence-electron chi connectivity index (χ1n) is 7.65. The summed E-state index contributed by atoms with van der Waals surface area (Å²) in [7, 11) is 0. The van der Waals surface area contributed by atoms with Crippen LogP contribution in [-0.4, -0.2) is 11.0 Å². The minimum Gasteiger partial charge on any atom is -0.464 e. The number of carbonyl (C=O) groups is 1. The molecule has 0 saturated heterocycles. The van der Waals surface area contributed by atoms with Gasteiger partial charge in [-0.2, -0.15) is 0 Å². The third kappa shape index (κ3) is 4.11. The van der Waals surface area contributed by atoms with Gasteiger partial charge in [0.2, 0.25) is 11.2 Å². The number of ether oxygens (including phenoxy) is 1. The monoisotopic (exact) mass is 359 g/mol. The Morgan fingerprint density at radius 1 is 1.28 bits per heavy atom. The highest BCUT2D eigenvalue weighted by molar-refractivity contribution is 7.98.